The average molecular weight is 438 g/mol. The molecule has 3 N–H and O–H groups in total. The molecule has 0 aliphatic carbocycles. The monoisotopic (exact) mass is 438 g/mol. The van der Waals surface area contributed by atoms with Gasteiger partial charge in [0.1, 0.15) is 18.0 Å². The van der Waals surface area contributed by atoms with Crippen molar-refractivity contribution in [1.82, 2.24) is 5.32 Å². The van der Waals surface area contributed by atoms with Gasteiger partial charge in [-0.15, -0.1) is 0 Å². The molecule has 0 spiro atoms. The first-order chi connectivity index (χ1) is 15.6. The van der Waals surface area contributed by atoms with E-state index in [0.29, 0.717) is 22.7 Å². The van der Waals surface area contributed by atoms with Crippen LogP contribution in [-0.2, 0) is 14.2 Å². The lowest BCUT2D eigenvalue weighted by Gasteiger charge is -2.18. The number of urea groups is 1. The number of nitrogens with one attached hydrogen (secondary N) is 3. The van der Waals surface area contributed by atoms with Crippen molar-refractivity contribution in [2.75, 3.05) is 31.0 Å². The summed E-state index contributed by atoms with van der Waals surface area (Å²) in [5.74, 6) is 0.677. The molecular weight excluding hydrogens is 416 g/mol. The molecule has 0 saturated carbocycles. The summed E-state index contributed by atoms with van der Waals surface area (Å²) in [6.07, 6.45) is -2.14. The van der Waals surface area contributed by atoms with Crippen molar-refractivity contribution < 1.29 is 28.5 Å². The molecule has 2 aromatic carbocycles. The van der Waals surface area contributed by atoms with Crippen molar-refractivity contribution in [2.45, 2.75) is 24.4 Å². The van der Waals surface area contributed by atoms with E-state index in [1.807, 2.05) is 6.07 Å². The highest BCUT2D eigenvalue weighted by atomic mass is 16.6. The summed E-state index contributed by atoms with van der Waals surface area (Å²) in [6, 6.07) is 14.6. The number of amides is 3. The van der Waals surface area contributed by atoms with E-state index in [-0.39, 0.29) is 13.2 Å². The highest BCUT2D eigenvalue weighted by Crippen LogP contribution is 2.29. The Morgan fingerprint density at radius 3 is 2.56 bits per heavy atom. The van der Waals surface area contributed by atoms with Crippen LogP contribution in [0, 0.1) is 11.3 Å². The van der Waals surface area contributed by atoms with Gasteiger partial charge in [-0.3, -0.25) is 5.32 Å². The Labute approximate surface area is 184 Å². The number of hydrogen-bond donors (Lipinski definition) is 3. The van der Waals surface area contributed by atoms with Gasteiger partial charge in [-0.2, -0.15) is 5.26 Å². The number of hydrogen-bond acceptors (Lipinski definition) is 7. The smallest absolute Gasteiger partial charge is 0.412 e. The molecule has 2 aromatic rings. The molecule has 166 valence electrons. The Morgan fingerprint density at radius 1 is 1.03 bits per heavy atom. The molecule has 32 heavy (non-hydrogen) atoms. The fourth-order valence-electron chi connectivity index (χ4n) is 3.65. The minimum absolute atomic E-state index is 0.162. The van der Waals surface area contributed by atoms with Crippen molar-refractivity contribution in [2.24, 2.45) is 0 Å². The first kappa shape index (κ1) is 21.4. The quantitative estimate of drug-likeness (QED) is 0.654. The number of carbonyl (C=O) groups is 2. The Hall–Kier alpha value is -3.81. The van der Waals surface area contributed by atoms with Crippen molar-refractivity contribution in [1.29, 1.82) is 5.26 Å². The SMILES string of the molecule is COc1ccc(NC(=O)O[C@H]2CO[C@@H]3[C@@H]2OC[C@@H]3NC(=O)Nc2cccc(C#N)c2)cc1. The van der Waals surface area contributed by atoms with Crippen LogP contribution in [0.2, 0.25) is 0 Å². The van der Waals surface area contributed by atoms with E-state index < -0.39 is 36.5 Å². The van der Waals surface area contributed by atoms with Gasteiger partial charge >= 0.3 is 12.1 Å². The number of rotatable bonds is 5. The molecule has 2 fully saturated rings. The first-order valence-corrected chi connectivity index (χ1v) is 9.98. The zero-order chi connectivity index (χ0) is 22.5. The van der Waals surface area contributed by atoms with E-state index in [0.717, 1.165) is 0 Å². The summed E-state index contributed by atoms with van der Waals surface area (Å²) in [5, 5.41) is 17.1. The molecule has 10 nitrogen and oxygen atoms in total. The van der Waals surface area contributed by atoms with Crippen molar-refractivity contribution in [3.8, 4) is 11.8 Å². The van der Waals surface area contributed by atoms with Gasteiger partial charge in [0.2, 0.25) is 0 Å². The summed E-state index contributed by atoms with van der Waals surface area (Å²) in [4.78, 5) is 24.6. The fraction of sp³-hybridized carbons (Fsp3) is 0.318. The van der Waals surface area contributed by atoms with Gasteiger partial charge in [-0.1, -0.05) is 6.07 Å². The summed E-state index contributed by atoms with van der Waals surface area (Å²) in [5.41, 5.74) is 1.51. The van der Waals surface area contributed by atoms with Crippen molar-refractivity contribution in [3.05, 3.63) is 54.1 Å². The molecule has 0 bridgehead atoms. The van der Waals surface area contributed by atoms with Crippen LogP contribution in [0.25, 0.3) is 0 Å². The van der Waals surface area contributed by atoms with Crippen LogP contribution in [0.1, 0.15) is 5.56 Å². The minimum atomic E-state index is -0.625. The molecule has 4 atom stereocenters. The summed E-state index contributed by atoms with van der Waals surface area (Å²) in [7, 11) is 1.56. The third-order valence-electron chi connectivity index (χ3n) is 5.17. The number of ether oxygens (including phenoxy) is 4. The molecule has 2 saturated heterocycles. The zero-order valence-corrected chi connectivity index (χ0v) is 17.2. The molecular formula is C22H22N4O6. The summed E-state index contributed by atoms with van der Waals surface area (Å²) >= 11 is 0. The van der Waals surface area contributed by atoms with Crippen LogP contribution in [0.5, 0.6) is 5.75 Å². The lowest BCUT2D eigenvalue weighted by molar-refractivity contribution is 0.00873. The topological polar surface area (TPSA) is 131 Å². The number of carbonyl (C=O) groups excluding carboxylic acids is 2. The molecule has 2 aliphatic rings. The van der Waals surface area contributed by atoms with E-state index in [1.54, 1.807) is 55.6 Å². The van der Waals surface area contributed by atoms with Gasteiger partial charge in [-0.25, -0.2) is 9.59 Å². The van der Waals surface area contributed by atoms with E-state index in [4.69, 9.17) is 24.2 Å². The van der Waals surface area contributed by atoms with Crippen LogP contribution < -0.4 is 20.7 Å². The minimum Gasteiger partial charge on any atom is -0.497 e. The lowest BCUT2D eigenvalue weighted by atomic mass is 10.1. The van der Waals surface area contributed by atoms with Crippen LogP contribution >= 0.6 is 0 Å². The molecule has 0 aromatic heterocycles. The third kappa shape index (κ3) is 4.91. The van der Waals surface area contributed by atoms with Gasteiger partial charge in [0, 0.05) is 11.4 Å². The van der Waals surface area contributed by atoms with Gasteiger partial charge < -0.3 is 29.6 Å². The Bertz CT molecular complexity index is 1020. The predicted molar refractivity (Wildman–Crippen MR) is 113 cm³/mol. The predicted octanol–water partition coefficient (Wildman–Crippen LogP) is 2.47. The summed E-state index contributed by atoms with van der Waals surface area (Å²) in [6.45, 7) is 0.385. The maximum absolute atomic E-state index is 12.3. The van der Waals surface area contributed by atoms with E-state index >= 15 is 0 Å². The molecule has 3 amide bonds. The largest absolute Gasteiger partial charge is 0.497 e. The van der Waals surface area contributed by atoms with E-state index in [2.05, 4.69) is 16.0 Å². The summed E-state index contributed by atoms with van der Waals surface area (Å²) < 4.78 is 22.0. The van der Waals surface area contributed by atoms with Gasteiger partial charge in [0.15, 0.2) is 6.10 Å². The average Bonchev–Trinajstić information content (AvgIpc) is 3.37. The second kappa shape index (κ2) is 9.55. The van der Waals surface area contributed by atoms with Crippen LogP contribution in [0.4, 0.5) is 21.0 Å². The molecule has 2 heterocycles. The van der Waals surface area contributed by atoms with Gasteiger partial charge in [0.05, 0.1) is 38.0 Å². The molecule has 2 aliphatic heterocycles. The van der Waals surface area contributed by atoms with Crippen LogP contribution in [0.3, 0.4) is 0 Å². The third-order valence-corrected chi connectivity index (χ3v) is 5.17. The maximum Gasteiger partial charge on any atom is 0.412 e. The molecule has 10 heteroatoms. The normalized spacial score (nSPS) is 23.5. The Balaban J connectivity index is 1.27. The lowest BCUT2D eigenvalue weighted by Crippen LogP contribution is -2.46. The second-order valence-electron chi connectivity index (χ2n) is 7.29. The number of nitriles is 1. The fourth-order valence-corrected chi connectivity index (χ4v) is 3.65. The molecule has 0 radical (unpaired) electrons. The molecule has 0 unspecified atom stereocenters. The highest BCUT2D eigenvalue weighted by molar-refractivity contribution is 5.89. The van der Waals surface area contributed by atoms with Crippen LogP contribution in [0.15, 0.2) is 48.5 Å². The number of fused-ring (bicyclic) bond motifs is 1. The number of nitrogens with zero attached hydrogens (tertiary/aromatic N) is 1. The standard InChI is InChI=1S/C22H22N4O6/c1-29-16-7-5-14(6-8-16)25-22(28)32-18-12-31-19-17(11-30-20(18)19)26-21(27)24-15-4-2-3-13(9-15)10-23/h2-9,17-20H,11-12H2,1H3,(H,25,28)(H2,24,26,27)/t17-,18-,19-,20+/m0/s1. The van der Waals surface area contributed by atoms with Gasteiger partial charge in [0.25, 0.3) is 0 Å². The zero-order valence-electron chi connectivity index (χ0n) is 17.2. The van der Waals surface area contributed by atoms with E-state index in [9.17, 15) is 9.59 Å². The van der Waals surface area contributed by atoms with Gasteiger partial charge in [-0.05, 0) is 42.5 Å². The van der Waals surface area contributed by atoms with Crippen molar-refractivity contribution >= 4 is 23.5 Å². The van der Waals surface area contributed by atoms with E-state index in [1.165, 1.54) is 0 Å². The Morgan fingerprint density at radius 2 is 1.81 bits per heavy atom. The Kier molecular flexibility index (Phi) is 6.39. The second-order valence-corrected chi connectivity index (χ2v) is 7.29. The number of anilines is 2. The number of benzene rings is 2. The molecule has 4 rings (SSSR count). The maximum atomic E-state index is 12.3. The van der Waals surface area contributed by atoms with Crippen LogP contribution in [-0.4, -0.2) is 56.8 Å². The number of methoxy groups -OCH3 is 1. The highest BCUT2D eigenvalue weighted by Gasteiger charge is 2.50. The first-order valence-electron chi connectivity index (χ1n) is 9.98. The van der Waals surface area contributed by atoms with Crippen molar-refractivity contribution in [3.63, 3.8) is 0 Å².